The number of rotatable bonds is 3. The molecule has 0 aliphatic rings. The smallest absolute Gasteiger partial charge is 0.381 e. The van der Waals surface area contributed by atoms with Crippen molar-refractivity contribution >= 4 is 5.97 Å². The van der Waals surface area contributed by atoms with Crippen LogP contribution in [0.5, 0.6) is 0 Å². The highest BCUT2D eigenvalue weighted by atomic mass is 16.4. The molecule has 1 radical (unpaired) electrons. The van der Waals surface area contributed by atoms with E-state index >= 15 is 0 Å². The van der Waals surface area contributed by atoms with Gasteiger partial charge >= 0.3 is 5.97 Å². The van der Waals surface area contributed by atoms with E-state index in [0.717, 1.165) is 6.08 Å². The van der Waals surface area contributed by atoms with E-state index in [4.69, 9.17) is 5.11 Å². The van der Waals surface area contributed by atoms with Gasteiger partial charge in [0.25, 0.3) is 0 Å². The summed E-state index contributed by atoms with van der Waals surface area (Å²) in [5.41, 5.74) is 0.00685. The van der Waals surface area contributed by atoms with Crippen molar-refractivity contribution in [2.75, 3.05) is 0 Å². The lowest BCUT2D eigenvalue weighted by Gasteiger charge is -1.95. The zero-order valence-electron chi connectivity index (χ0n) is 5.70. The molecule has 0 bridgehead atoms. The maximum absolute atomic E-state index is 10.0. The fourth-order valence-corrected chi connectivity index (χ4v) is 0.392. The minimum atomic E-state index is -1.28. The highest BCUT2D eigenvalue weighted by Gasteiger charge is 2.03. The Bertz CT molecular complexity index is 170. The Kier molecular flexibility index (Phi) is 3.43. The Morgan fingerprint density at radius 2 is 2.20 bits per heavy atom. The predicted octanol–water partition coefficient (Wildman–Crippen LogP) is 0.437. The molecule has 3 nitrogen and oxygen atoms in total. The lowest BCUT2D eigenvalue weighted by molar-refractivity contribution is -0.138. The van der Waals surface area contributed by atoms with Gasteiger partial charge in [-0.1, -0.05) is 6.08 Å². The molecule has 0 heterocycles. The molecule has 0 saturated carbocycles. The molecule has 1 N–H and O–H groups in total. The van der Waals surface area contributed by atoms with Crippen LogP contribution in [0.15, 0.2) is 24.3 Å². The molecule has 0 rings (SSSR count). The van der Waals surface area contributed by atoms with Crippen LogP contribution < -0.4 is 0 Å². The molecule has 1 unspecified atom stereocenters. The Hall–Kier alpha value is -1.09. The van der Waals surface area contributed by atoms with Crippen LogP contribution in [0.1, 0.15) is 6.92 Å². The molecule has 0 aliphatic carbocycles. The number of carbonyl (C=O) groups excluding carboxylic acids is 1. The van der Waals surface area contributed by atoms with Crippen molar-refractivity contribution in [1.29, 1.82) is 0 Å². The van der Waals surface area contributed by atoms with Crippen LogP contribution in [-0.2, 0) is 9.90 Å². The van der Waals surface area contributed by atoms with Crippen LogP contribution in [0, 0.1) is 0 Å². The van der Waals surface area contributed by atoms with E-state index < -0.39 is 12.1 Å². The number of carbonyl (C=O) groups is 1. The number of aliphatic hydroxyl groups excluding tert-OH is 1. The third-order valence-corrected chi connectivity index (χ3v) is 0.984. The van der Waals surface area contributed by atoms with Gasteiger partial charge < -0.3 is 5.11 Å². The minimum Gasteiger partial charge on any atom is -0.385 e. The molecule has 55 valence electrons. The number of hydrogen-bond donors (Lipinski definition) is 1. The van der Waals surface area contributed by atoms with E-state index in [1.54, 1.807) is 0 Å². The average molecular weight is 141 g/mol. The number of hydrogen-bond acceptors (Lipinski definition) is 2. The second-order valence-corrected chi connectivity index (χ2v) is 1.86. The normalized spacial score (nSPS) is 14.4. The molecule has 0 amide bonds. The van der Waals surface area contributed by atoms with Crippen molar-refractivity contribution in [3.05, 3.63) is 24.3 Å². The minimum absolute atomic E-state index is 0.00685. The van der Waals surface area contributed by atoms with Gasteiger partial charge in [0.15, 0.2) is 0 Å². The van der Waals surface area contributed by atoms with Crippen molar-refractivity contribution in [2.45, 2.75) is 13.0 Å². The monoisotopic (exact) mass is 141 g/mol. The molecule has 0 aromatic carbocycles. The lowest BCUT2D eigenvalue weighted by atomic mass is 10.2. The van der Waals surface area contributed by atoms with Gasteiger partial charge in [-0.2, -0.15) is 0 Å². The fraction of sp³-hybridized carbons (Fsp3) is 0.286. The van der Waals surface area contributed by atoms with Crippen molar-refractivity contribution in [2.24, 2.45) is 0 Å². The molecule has 0 aliphatic heterocycles. The van der Waals surface area contributed by atoms with Crippen molar-refractivity contribution in [1.82, 2.24) is 0 Å². The maximum Gasteiger partial charge on any atom is 0.381 e. The second kappa shape index (κ2) is 3.85. The molecule has 0 spiro atoms. The second-order valence-electron chi connectivity index (χ2n) is 1.86. The Morgan fingerprint density at radius 1 is 1.70 bits per heavy atom. The number of aliphatic hydroxyl groups is 1. The largest absolute Gasteiger partial charge is 0.385 e. The van der Waals surface area contributed by atoms with Gasteiger partial charge in [0.05, 0.1) is 6.10 Å². The zero-order valence-corrected chi connectivity index (χ0v) is 5.70. The Morgan fingerprint density at radius 3 is 2.50 bits per heavy atom. The van der Waals surface area contributed by atoms with Gasteiger partial charge in [0.1, 0.15) is 0 Å². The summed E-state index contributed by atoms with van der Waals surface area (Å²) >= 11 is 0. The van der Waals surface area contributed by atoms with E-state index in [9.17, 15) is 9.90 Å². The topological polar surface area (TPSA) is 57.2 Å². The molecule has 1 atom stereocenters. The molecule has 0 aromatic heterocycles. The van der Waals surface area contributed by atoms with Gasteiger partial charge in [-0.3, -0.25) is 0 Å². The van der Waals surface area contributed by atoms with E-state index in [1.807, 2.05) is 0 Å². The lowest BCUT2D eigenvalue weighted by Crippen LogP contribution is -2.01. The first-order valence-electron chi connectivity index (χ1n) is 2.78. The summed E-state index contributed by atoms with van der Waals surface area (Å²) in [7, 11) is 0. The van der Waals surface area contributed by atoms with Gasteiger partial charge in [-0.25, -0.2) is 9.90 Å². The van der Waals surface area contributed by atoms with Crippen molar-refractivity contribution in [3.8, 4) is 0 Å². The highest BCUT2D eigenvalue weighted by Crippen LogP contribution is 1.96. The maximum atomic E-state index is 10.0. The quantitative estimate of drug-likeness (QED) is 0.458. The van der Waals surface area contributed by atoms with Crippen molar-refractivity contribution in [3.63, 3.8) is 0 Å². The Balaban J connectivity index is 4.15. The summed E-state index contributed by atoms with van der Waals surface area (Å²) in [6.45, 7) is 4.61. The van der Waals surface area contributed by atoms with Gasteiger partial charge in [-0.15, -0.1) is 6.58 Å². The molecule has 10 heavy (non-hydrogen) atoms. The predicted molar refractivity (Wildman–Crippen MR) is 35.7 cm³/mol. The van der Waals surface area contributed by atoms with Crippen LogP contribution in [0.3, 0.4) is 0 Å². The first kappa shape index (κ1) is 8.91. The zero-order chi connectivity index (χ0) is 8.15. The first-order valence-corrected chi connectivity index (χ1v) is 2.78. The van der Waals surface area contributed by atoms with Gasteiger partial charge in [0.2, 0.25) is 0 Å². The molecular weight excluding hydrogens is 132 g/mol. The molecule has 0 fully saturated rings. The van der Waals surface area contributed by atoms with Gasteiger partial charge in [-0.05, 0) is 13.0 Å². The van der Waals surface area contributed by atoms with Crippen LogP contribution in [0.4, 0.5) is 0 Å². The van der Waals surface area contributed by atoms with Gasteiger partial charge in [0, 0.05) is 5.57 Å². The van der Waals surface area contributed by atoms with E-state index in [1.165, 1.54) is 13.0 Å². The standard InChI is InChI=1S/C7H9O3/c1-3-6(8)4-5(2)7(9)10/h3-4,6,8H,1H2,2H3. The summed E-state index contributed by atoms with van der Waals surface area (Å²) in [4.78, 5) is 10.0. The van der Waals surface area contributed by atoms with E-state index in [0.29, 0.717) is 0 Å². The SMILES string of the molecule is C=CC(O)C=C(C)C([O])=O. The molecule has 0 saturated heterocycles. The van der Waals surface area contributed by atoms with Crippen molar-refractivity contribution < 1.29 is 15.0 Å². The van der Waals surface area contributed by atoms with E-state index in [2.05, 4.69) is 6.58 Å². The molecule has 0 aromatic rings. The van der Waals surface area contributed by atoms with Crippen LogP contribution in [0.2, 0.25) is 0 Å². The summed E-state index contributed by atoms with van der Waals surface area (Å²) in [5, 5.41) is 18.8. The molecular formula is C7H9O3. The van der Waals surface area contributed by atoms with Crippen LogP contribution >= 0.6 is 0 Å². The summed E-state index contributed by atoms with van der Waals surface area (Å²) in [5.74, 6) is -1.28. The highest BCUT2D eigenvalue weighted by molar-refractivity contribution is 5.85. The average Bonchev–Trinajstić information content (AvgIpc) is 1.87. The van der Waals surface area contributed by atoms with Crippen LogP contribution in [0.25, 0.3) is 0 Å². The van der Waals surface area contributed by atoms with Crippen LogP contribution in [-0.4, -0.2) is 17.2 Å². The Labute approximate surface area is 59.3 Å². The summed E-state index contributed by atoms with van der Waals surface area (Å²) in [6, 6.07) is 0. The summed E-state index contributed by atoms with van der Waals surface area (Å²) < 4.78 is 0. The third-order valence-electron chi connectivity index (χ3n) is 0.984. The first-order chi connectivity index (χ1) is 4.57. The molecule has 3 heteroatoms. The fourth-order valence-electron chi connectivity index (χ4n) is 0.392. The third kappa shape index (κ3) is 3.04. The summed E-state index contributed by atoms with van der Waals surface area (Å²) in [6.07, 6.45) is 1.48. The van der Waals surface area contributed by atoms with E-state index in [-0.39, 0.29) is 5.57 Å².